The van der Waals surface area contributed by atoms with Gasteiger partial charge in [0.25, 0.3) is 0 Å². The zero-order valence-electron chi connectivity index (χ0n) is 19.7. The van der Waals surface area contributed by atoms with Gasteiger partial charge in [0, 0.05) is 11.8 Å². The highest BCUT2D eigenvalue weighted by Gasteiger charge is 2.42. The lowest BCUT2D eigenvalue weighted by molar-refractivity contribution is -0.141. The third-order valence-corrected chi connectivity index (χ3v) is 7.28. The molecule has 1 N–H and O–H groups in total. The van der Waals surface area contributed by atoms with Crippen LogP contribution in [-0.2, 0) is 11.0 Å². The number of hydrogen-bond donors (Lipinski definition) is 1. The molecule has 4 aromatic rings. The molecule has 190 valence electrons. The van der Waals surface area contributed by atoms with E-state index in [4.69, 9.17) is 23.2 Å². The van der Waals surface area contributed by atoms with Crippen molar-refractivity contribution in [2.45, 2.75) is 32.1 Å². The van der Waals surface area contributed by atoms with E-state index in [1.54, 1.807) is 25.1 Å². The lowest BCUT2D eigenvalue weighted by atomic mass is 9.87. The van der Waals surface area contributed by atoms with Gasteiger partial charge in [0.2, 0.25) is 5.91 Å². The number of nitrogens with zero attached hydrogens (tertiary/aromatic N) is 3. The van der Waals surface area contributed by atoms with E-state index in [9.17, 15) is 18.0 Å². The van der Waals surface area contributed by atoms with Gasteiger partial charge in [-0.2, -0.15) is 18.3 Å². The first kappa shape index (κ1) is 25.3. The number of hydrogen-bond acceptors (Lipinski definition) is 3. The van der Waals surface area contributed by atoms with Crippen LogP contribution in [-0.4, -0.2) is 21.4 Å². The van der Waals surface area contributed by atoms with E-state index in [1.807, 2.05) is 49.4 Å². The molecule has 1 aromatic heterocycles. The maximum atomic E-state index is 13.8. The fourth-order valence-corrected chi connectivity index (χ4v) is 5.11. The quantitative estimate of drug-likeness (QED) is 0.288. The van der Waals surface area contributed by atoms with E-state index in [0.29, 0.717) is 11.3 Å². The monoisotopic (exact) mass is 544 g/mol. The van der Waals surface area contributed by atoms with Crippen molar-refractivity contribution in [3.63, 3.8) is 0 Å². The number of alkyl halides is 3. The molecule has 5 rings (SSSR count). The minimum absolute atomic E-state index is 0.00653. The van der Waals surface area contributed by atoms with E-state index in [-0.39, 0.29) is 21.9 Å². The third-order valence-electron chi connectivity index (χ3n) is 6.54. The summed E-state index contributed by atoms with van der Waals surface area (Å²) in [6.07, 6.45) is -4.67. The number of carbonyl (C=O) groups is 1. The summed E-state index contributed by atoms with van der Waals surface area (Å²) in [5, 5.41) is 9.38. The Hall–Kier alpha value is -3.36. The highest BCUT2D eigenvalue weighted by molar-refractivity contribution is 6.42. The second-order valence-corrected chi connectivity index (χ2v) is 9.79. The average Bonchev–Trinajstić information content (AvgIpc) is 3.28. The van der Waals surface area contributed by atoms with Crippen molar-refractivity contribution in [3.8, 4) is 0 Å². The van der Waals surface area contributed by atoms with Crippen molar-refractivity contribution < 1.29 is 18.0 Å². The number of amides is 1. The first-order valence-electron chi connectivity index (χ1n) is 11.5. The fourth-order valence-electron chi connectivity index (χ4n) is 4.80. The Bertz CT molecular complexity index is 1540. The topological polar surface area (TPSA) is 59.3 Å². The number of aliphatic imine (C=N–C) groups is 1. The summed E-state index contributed by atoms with van der Waals surface area (Å²) in [7, 11) is 0. The van der Waals surface area contributed by atoms with Crippen LogP contribution in [0.4, 0.5) is 19.0 Å². The lowest BCUT2D eigenvalue weighted by Crippen LogP contribution is -2.43. The van der Waals surface area contributed by atoms with E-state index < -0.39 is 29.7 Å². The maximum absolute atomic E-state index is 13.8. The Balaban J connectivity index is 1.56. The molecule has 0 saturated carbocycles. The number of carbonyl (C=O) groups excluding carboxylic acids is 1. The van der Waals surface area contributed by atoms with Crippen LogP contribution in [0.15, 0.2) is 71.7 Å². The van der Waals surface area contributed by atoms with Crippen LogP contribution < -0.4 is 5.32 Å². The molecule has 0 saturated heterocycles. The predicted molar refractivity (Wildman–Crippen MR) is 139 cm³/mol. The normalized spacial score (nSPS) is 18.3. The van der Waals surface area contributed by atoms with Gasteiger partial charge in [0.15, 0.2) is 11.5 Å². The summed E-state index contributed by atoms with van der Waals surface area (Å²) in [5.41, 5.74) is 0.677. The van der Waals surface area contributed by atoms with Gasteiger partial charge < -0.3 is 5.32 Å². The minimum atomic E-state index is -4.67. The van der Waals surface area contributed by atoms with Crippen molar-refractivity contribution >= 4 is 51.4 Å². The Kier molecular flexibility index (Phi) is 6.50. The van der Waals surface area contributed by atoms with Crippen LogP contribution in [0.5, 0.6) is 0 Å². The number of nitrogens with one attached hydrogen (secondary N) is 1. The van der Waals surface area contributed by atoms with Crippen molar-refractivity contribution in [3.05, 3.63) is 93.6 Å². The molecule has 37 heavy (non-hydrogen) atoms. The van der Waals surface area contributed by atoms with Crippen LogP contribution in [0.1, 0.15) is 42.8 Å². The molecule has 0 radical (unpaired) electrons. The molecule has 2 unspecified atom stereocenters. The van der Waals surface area contributed by atoms with E-state index in [1.165, 1.54) is 0 Å². The largest absolute Gasteiger partial charge is 0.435 e. The van der Waals surface area contributed by atoms with Gasteiger partial charge in [-0.1, -0.05) is 71.7 Å². The molecule has 10 heteroatoms. The highest BCUT2D eigenvalue weighted by atomic mass is 35.5. The molecule has 1 aliphatic rings. The van der Waals surface area contributed by atoms with Crippen LogP contribution in [0.2, 0.25) is 10.0 Å². The van der Waals surface area contributed by atoms with Crippen LogP contribution in [0.3, 0.4) is 0 Å². The molecular formula is C27H21Cl2F3N4O. The van der Waals surface area contributed by atoms with Gasteiger partial charge in [0.05, 0.1) is 22.1 Å². The predicted octanol–water partition coefficient (Wildman–Crippen LogP) is 7.55. The Labute approximate surface area is 220 Å². The molecule has 0 bridgehead atoms. The fraction of sp³-hybridized carbons (Fsp3) is 0.222. The molecule has 1 aliphatic heterocycles. The highest BCUT2D eigenvalue weighted by Crippen LogP contribution is 2.41. The smallest absolute Gasteiger partial charge is 0.349 e. The molecule has 5 nitrogen and oxygen atoms in total. The van der Waals surface area contributed by atoms with Gasteiger partial charge in [0.1, 0.15) is 5.92 Å². The first-order valence-corrected chi connectivity index (χ1v) is 12.2. The number of benzene rings is 3. The Morgan fingerprint density at radius 3 is 2.49 bits per heavy atom. The van der Waals surface area contributed by atoms with Crippen LogP contribution in [0.25, 0.3) is 10.8 Å². The van der Waals surface area contributed by atoms with Crippen molar-refractivity contribution in [2.75, 3.05) is 0 Å². The lowest BCUT2D eigenvalue weighted by Gasteiger charge is -2.32. The minimum Gasteiger partial charge on any atom is -0.349 e. The number of rotatable bonds is 4. The zero-order valence-corrected chi connectivity index (χ0v) is 21.2. The van der Waals surface area contributed by atoms with Gasteiger partial charge >= 0.3 is 6.18 Å². The SMILES string of the molecule is CC1=Nc2cc(C(F)(F)F)nn2C(c2ccc(Cl)c(Cl)c2)C1C(=O)N[C@@H](C)c1cccc2ccccc12. The third kappa shape index (κ3) is 4.71. The summed E-state index contributed by atoms with van der Waals surface area (Å²) < 4.78 is 41.7. The average molecular weight is 545 g/mol. The van der Waals surface area contributed by atoms with Crippen LogP contribution in [0, 0.1) is 5.92 Å². The first-order chi connectivity index (χ1) is 17.5. The van der Waals surface area contributed by atoms with E-state index >= 15 is 0 Å². The van der Waals surface area contributed by atoms with E-state index in [0.717, 1.165) is 27.1 Å². The molecule has 0 spiro atoms. The molecule has 3 aromatic carbocycles. The van der Waals surface area contributed by atoms with Gasteiger partial charge in [-0.3, -0.25) is 4.79 Å². The zero-order chi connectivity index (χ0) is 26.5. The summed E-state index contributed by atoms with van der Waals surface area (Å²) in [5.74, 6) is -1.33. The molecule has 3 atom stereocenters. The summed E-state index contributed by atoms with van der Waals surface area (Å²) in [6.45, 7) is 3.49. The second-order valence-electron chi connectivity index (χ2n) is 8.98. The van der Waals surface area contributed by atoms with Gasteiger partial charge in [-0.25, -0.2) is 9.67 Å². The molecular weight excluding hydrogens is 524 g/mol. The van der Waals surface area contributed by atoms with Crippen molar-refractivity contribution in [1.82, 2.24) is 15.1 Å². The standard InChI is InChI=1S/C27H21Cl2F3N4O/c1-14(18-9-5-7-16-6-3-4-8-19(16)18)34-26(37)24-15(2)33-23-13-22(27(30,31)32)35-36(23)25(24)17-10-11-20(28)21(29)12-17/h3-14,24-25H,1-2H3,(H,34,37)/t14-,24?,25?/m0/s1. The number of fused-ring (bicyclic) bond motifs is 2. The van der Waals surface area contributed by atoms with Crippen molar-refractivity contribution in [2.24, 2.45) is 10.9 Å². The number of halogens is 5. The van der Waals surface area contributed by atoms with Crippen molar-refractivity contribution in [1.29, 1.82) is 0 Å². The van der Waals surface area contributed by atoms with Gasteiger partial charge in [-0.05, 0) is 47.9 Å². The molecule has 0 fully saturated rings. The Morgan fingerprint density at radius 2 is 1.76 bits per heavy atom. The summed E-state index contributed by atoms with van der Waals surface area (Å²) in [6, 6.07) is 18.0. The summed E-state index contributed by atoms with van der Waals surface area (Å²) >= 11 is 12.3. The molecule has 0 aliphatic carbocycles. The maximum Gasteiger partial charge on any atom is 0.435 e. The number of aromatic nitrogens is 2. The Morgan fingerprint density at radius 1 is 1.03 bits per heavy atom. The molecule has 2 heterocycles. The molecule has 1 amide bonds. The van der Waals surface area contributed by atoms with E-state index in [2.05, 4.69) is 15.4 Å². The van der Waals surface area contributed by atoms with Crippen LogP contribution >= 0.6 is 23.2 Å². The second kappa shape index (κ2) is 9.50. The van der Waals surface area contributed by atoms with Gasteiger partial charge in [-0.15, -0.1) is 0 Å². The summed E-state index contributed by atoms with van der Waals surface area (Å²) in [4.78, 5) is 18.1.